The fourth-order valence-corrected chi connectivity index (χ4v) is 6.15. The van der Waals surface area contributed by atoms with Gasteiger partial charge in [0.1, 0.15) is 17.4 Å². The van der Waals surface area contributed by atoms with Crippen LogP contribution in [0.5, 0.6) is 5.75 Å². The molecule has 3 atom stereocenters. The highest BCUT2D eigenvalue weighted by molar-refractivity contribution is 7.99. The molecule has 3 unspecified atom stereocenters. The Hall–Kier alpha value is -3.59. The third-order valence-corrected chi connectivity index (χ3v) is 8.10. The summed E-state index contributed by atoms with van der Waals surface area (Å²) in [5, 5.41) is 15.4. The predicted molar refractivity (Wildman–Crippen MR) is 139 cm³/mol. The Balaban J connectivity index is 1.27. The number of aryl methyl sites for hydroxylation is 1. The Morgan fingerprint density at radius 2 is 2.03 bits per heavy atom. The van der Waals surface area contributed by atoms with Crippen LogP contribution in [0.4, 0.5) is 17.3 Å². The molecule has 4 aromatic rings. The molecule has 3 N–H and O–H groups in total. The molecule has 0 bridgehead atoms. The smallest absolute Gasteiger partial charge is 0.211 e. The monoisotopic (exact) mass is 486 g/mol. The van der Waals surface area contributed by atoms with E-state index < -0.39 is 0 Å². The van der Waals surface area contributed by atoms with E-state index >= 15 is 0 Å². The second kappa shape index (κ2) is 8.57. The zero-order valence-corrected chi connectivity index (χ0v) is 20.6. The molecule has 0 radical (unpaired) electrons. The molecule has 2 aliphatic rings. The van der Waals surface area contributed by atoms with Crippen molar-refractivity contribution in [1.29, 1.82) is 0 Å². The third kappa shape index (κ3) is 3.89. The molecule has 3 heterocycles. The van der Waals surface area contributed by atoms with E-state index in [1.807, 2.05) is 36.9 Å². The molecule has 0 spiro atoms. The molecule has 178 valence electrons. The third-order valence-electron chi connectivity index (χ3n) is 6.93. The summed E-state index contributed by atoms with van der Waals surface area (Å²) >= 11 is 1.88. The van der Waals surface area contributed by atoms with E-state index in [-0.39, 0.29) is 0 Å². The molecule has 1 saturated carbocycles. The molecule has 9 heteroatoms. The van der Waals surface area contributed by atoms with Crippen molar-refractivity contribution in [3.8, 4) is 5.75 Å². The number of hydrogen-bond donors (Lipinski definition) is 3. The number of nitrogens with one attached hydrogen (secondary N) is 3. The van der Waals surface area contributed by atoms with Crippen LogP contribution in [0.25, 0.3) is 10.9 Å². The number of amides is 1. The molecular weight excluding hydrogens is 460 g/mol. The molecule has 8 nitrogen and oxygen atoms in total. The second-order valence-corrected chi connectivity index (χ2v) is 10.4. The first-order valence-corrected chi connectivity index (χ1v) is 12.7. The molecule has 1 fully saturated rings. The van der Waals surface area contributed by atoms with Gasteiger partial charge in [0, 0.05) is 27.6 Å². The number of carbonyl (C=O) groups is 1. The molecule has 2 aromatic heterocycles. The number of carbonyl (C=O) groups excluding carboxylic acids is 1. The van der Waals surface area contributed by atoms with Gasteiger partial charge in [-0.3, -0.25) is 9.89 Å². The van der Waals surface area contributed by atoms with Crippen molar-refractivity contribution in [2.45, 2.75) is 43.1 Å². The summed E-state index contributed by atoms with van der Waals surface area (Å²) < 4.78 is 5.41. The minimum Gasteiger partial charge on any atom is -0.497 e. The number of nitrogens with zero attached hydrogens (tertiary/aromatic N) is 3. The number of aromatic nitrogens is 4. The highest BCUT2D eigenvalue weighted by Crippen LogP contribution is 2.57. The van der Waals surface area contributed by atoms with Gasteiger partial charge in [0.15, 0.2) is 5.82 Å². The molecular formula is C26H26N6O2S. The lowest BCUT2D eigenvalue weighted by atomic mass is 10.0. The fourth-order valence-electron chi connectivity index (χ4n) is 5.11. The van der Waals surface area contributed by atoms with Crippen molar-refractivity contribution in [3.63, 3.8) is 0 Å². The maximum atomic E-state index is 11.1. The molecule has 1 aliphatic carbocycles. The van der Waals surface area contributed by atoms with E-state index in [4.69, 9.17) is 4.74 Å². The summed E-state index contributed by atoms with van der Waals surface area (Å²) in [6, 6.07) is 12.3. The highest BCUT2D eigenvalue weighted by atomic mass is 32.2. The summed E-state index contributed by atoms with van der Waals surface area (Å²) in [7, 11) is 1.66. The number of hydrogen-bond acceptors (Lipinski definition) is 7. The zero-order chi connectivity index (χ0) is 24.1. The van der Waals surface area contributed by atoms with E-state index in [2.05, 4.69) is 55.9 Å². The molecule has 2 aromatic carbocycles. The summed E-state index contributed by atoms with van der Waals surface area (Å²) in [6.45, 7) is 4.12. The van der Waals surface area contributed by atoms with Crippen LogP contribution in [0.3, 0.4) is 0 Å². The number of aromatic amines is 1. The normalized spacial score (nSPS) is 20.5. The number of benzene rings is 2. The lowest BCUT2D eigenvalue weighted by molar-refractivity contribution is -0.105. The van der Waals surface area contributed by atoms with E-state index in [9.17, 15) is 4.79 Å². The minimum absolute atomic E-state index is 0.330. The zero-order valence-electron chi connectivity index (χ0n) is 19.8. The molecule has 1 aliphatic heterocycles. The first kappa shape index (κ1) is 21.9. The Bertz CT molecular complexity index is 1450. The van der Waals surface area contributed by atoms with E-state index in [0.29, 0.717) is 17.1 Å². The first-order valence-electron chi connectivity index (χ1n) is 11.7. The van der Waals surface area contributed by atoms with Crippen LogP contribution >= 0.6 is 11.8 Å². The number of methoxy groups -OCH3 is 1. The molecule has 1 amide bonds. The van der Waals surface area contributed by atoms with Gasteiger partial charge < -0.3 is 15.4 Å². The van der Waals surface area contributed by atoms with Crippen LogP contribution in [0.1, 0.15) is 58.6 Å². The van der Waals surface area contributed by atoms with E-state index in [0.717, 1.165) is 69.6 Å². The number of ether oxygens (including phenoxy) is 1. The molecule has 6 rings (SSSR count). The van der Waals surface area contributed by atoms with Crippen LogP contribution in [0, 0.1) is 6.92 Å². The van der Waals surface area contributed by atoms with Crippen LogP contribution in [0.15, 0.2) is 36.4 Å². The van der Waals surface area contributed by atoms with Crippen LogP contribution < -0.4 is 15.4 Å². The number of H-pyrrole nitrogens is 1. The van der Waals surface area contributed by atoms with Gasteiger partial charge in [-0.1, -0.05) is 6.07 Å². The van der Waals surface area contributed by atoms with Crippen LogP contribution in [0.2, 0.25) is 0 Å². The van der Waals surface area contributed by atoms with Crippen molar-refractivity contribution in [2.75, 3.05) is 17.7 Å². The molecule has 0 saturated heterocycles. The Kier molecular flexibility index (Phi) is 5.36. The summed E-state index contributed by atoms with van der Waals surface area (Å²) in [5.74, 6) is 4.80. The van der Waals surface area contributed by atoms with Crippen molar-refractivity contribution in [2.24, 2.45) is 0 Å². The lowest BCUT2D eigenvalue weighted by Gasteiger charge is -2.12. The quantitative estimate of drug-likeness (QED) is 0.294. The van der Waals surface area contributed by atoms with Gasteiger partial charge in [-0.05, 0) is 73.6 Å². The van der Waals surface area contributed by atoms with Gasteiger partial charge in [0.25, 0.3) is 0 Å². The first-order chi connectivity index (χ1) is 17.1. The van der Waals surface area contributed by atoms with Crippen molar-refractivity contribution >= 4 is 46.4 Å². The standard InChI is InChI=1S/C26H26N6O2S/c1-13-24-23(11-35-13)28-14(2)29-26(24)30-25-17-6-4-15(8-22(17)31-32-25)18-10-19(18)20-9-16(34-3)5-7-21(20)27-12-33/h4-9,12-13,18-19H,10-11H2,1-3H3,(H,27,33)(H2,28,29,30,31,32). The molecule has 35 heavy (non-hydrogen) atoms. The lowest BCUT2D eigenvalue weighted by Crippen LogP contribution is -2.05. The van der Waals surface area contributed by atoms with Gasteiger partial charge in [-0.2, -0.15) is 5.10 Å². The van der Waals surface area contributed by atoms with Crippen molar-refractivity contribution in [3.05, 3.63) is 64.6 Å². The van der Waals surface area contributed by atoms with E-state index in [1.165, 1.54) is 11.1 Å². The SMILES string of the molecule is COc1ccc(NC=O)c(C2CC2c2ccc3c(Nc4nc(C)nc5c4C(C)SC5)n[nH]c3c2)c1. The van der Waals surface area contributed by atoms with Crippen molar-refractivity contribution in [1.82, 2.24) is 20.2 Å². The number of thioether (sulfide) groups is 1. The summed E-state index contributed by atoms with van der Waals surface area (Å²) in [4.78, 5) is 20.4. The number of rotatable bonds is 7. The van der Waals surface area contributed by atoms with E-state index in [1.54, 1.807) is 7.11 Å². The predicted octanol–water partition coefficient (Wildman–Crippen LogP) is 5.56. The summed E-state index contributed by atoms with van der Waals surface area (Å²) in [6.07, 6.45) is 1.75. The van der Waals surface area contributed by atoms with Gasteiger partial charge in [-0.25, -0.2) is 9.97 Å². The Morgan fingerprint density at radius 1 is 1.14 bits per heavy atom. The Morgan fingerprint density at radius 3 is 2.86 bits per heavy atom. The summed E-state index contributed by atoms with van der Waals surface area (Å²) in [5.41, 5.74) is 6.46. The average Bonchev–Trinajstić information content (AvgIpc) is 3.43. The largest absolute Gasteiger partial charge is 0.497 e. The number of fused-ring (bicyclic) bond motifs is 2. The Labute approximate surface area is 207 Å². The average molecular weight is 487 g/mol. The highest BCUT2D eigenvalue weighted by Gasteiger charge is 2.41. The second-order valence-electron chi connectivity index (χ2n) is 9.10. The van der Waals surface area contributed by atoms with Gasteiger partial charge in [0.05, 0.1) is 18.3 Å². The van der Waals surface area contributed by atoms with Gasteiger partial charge >= 0.3 is 0 Å². The maximum Gasteiger partial charge on any atom is 0.211 e. The maximum absolute atomic E-state index is 11.1. The van der Waals surface area contributed by atoms with Gasteiger partial charge in [0.2, 0.25) is 6.41 Å². The van der Waals surface area contributed by atoms with Crippen LogP contribution in [-0.4, -0.2) is 33.7 Å². The number of anilines is 3. The topological polar surface area (TPSA) is 105 Å². The van der Waals surface area contributed by atoms with Gasteiger partial charge in [-0.15, -0.1) is 11.8 Å². The van der Waals surface area contributed by atoms with Crippen molar-refractivity contribution < 1.29 is 9.53 Å². The minimum atomic E-state index is 0.330. The fraction of sp³-hybridized carbons (Fsp3) is 0.308. The van der Waals surface area contributed by atoms with Crippen LogP contribution in [-0.2, 0) is 10.5 Å².